The lowest BCUT2D eigenvalue weighted by atomic mass is 9.67. The van der Waals surface area contributed by atoms with Crippen LogP contribution >= 0.6 is 0 Å². The SMILES string of the molecule is CCn1cc(-c2cc3ncccc3c(-c3ccn(C4(CC#N)CC(C#N)C4)n3)n2)cn1. The summed E-state index contributed by atoms with van der Waals surface area (Å²) < 4.78 is 3.72. The van der Waals surface area contributed by atoms with Crippen LogP contribution in [0.5, 0.6) is 0 Å². The molecule has 0 saturated heterocycles. The number of rotatable bonds is 5. The molecule has 152 valence electrons. The maximum atomic E-state index is 9.33. The van der Waals surface area contributed by atoms with Gasteiger partial charge in [-0.25, -0.2) is 4.98 Å². The molecular formula is C23H20N8. The van der Waals surface area contributed by atoms with Gasteiger partial charge >= 0.3 is 0 Å². The lowest BCUT2D eigenvalue weighted by molar-refractivity contribution is 0.0884. The van der Waals surface area contributed by atoms with E-state index in [4.69, 9.17) is 10.1 Å². The van der Waals surface area contributed by atoms with E-state index in [2.05, 4.69) is 22.2 Å². The summed E-state index contributed by atoms with van der Waals surface area (Å²) in [5.74, 6) is -0.0254. The van der Waals surface area contributed by atoms with E-state index in [1.54, 1.807) is 12.4 Å². The second kappa shape index (κ2) is 7.33. The van der Waals surface area contributed by atoms with Crippen LogP contribution in [0.2, 0.25) is 0 Å². The minimum absolute atomic E-state index is 0.0254. The molecule has 1 fully saturated rings. The van der Waals surface area contributed by atoms with Gasteiger partial charge < -0.3 is 0 Å². The van der Waals surface area contributed by atoms with Gasteiger partial charge in [0.15, 0.2) is 0 Å². The molecule has 0 amide bonds. The summed E-state index contributed by atoms with van der Waals surface area (Å²) in [6, 6.07) is 12.3. The molecule has 0 spiro atoms. The maximum Gasteiger partial charge on any atom is 0.111 e. The Morgan fingerprint density at radius 1 is 1.23 bits per heavy atom. The molecule has 1 aliphatic carbocycles. The van der Waals surface area contributed by atoms with Crippen LogP contribution in [-0.4, -0.2) is 29.5 Å². The van der Waals surface area contributed by atoms with Crippen molar-refractivity contribution in [2.75, 3.05) is 0 Å². The zero-order valence-electron chi connectivity index (χ0n) is 17.1. The van der Waals surface area contributed by atoms with E-state index >= 15 is 0 Å². The van der Waals surface area contributed by atoms with Gasteiger partial charge in [-0.05, 0) is 44.0 Å². The molecule has 1 aliphatic rings. The van der Waals surface area contributed by atoms with Gasteiger partial charge in [-0.3, -0.25) is 14.3 Å². The van der Waals surface area contributed by atoms with Crippen LogP contribution in [0, 0.1) is 28.6 Å². The highest BCUT2D eigenvalue weighted by molar-refractivity contribution is 5.93. The topological polar surface area (TPSA) is 109 Å². The largest absolute Gasteiger partial charge is 0.272 e. The van der Waals surface area contributed by atoms with E-state index in [0.29, 0.717) is 19.3 Å². The van der Waals surface area contributed by atoms with E-state index in [1.807, 2.05) is 52.9 Å². The molecule has 8 heteroatoms. The quantitative estimate of drug-likeness (QED) is 0.495. The Bertz CT molecular complexity index is 1340. The molecular weight excluding hydrogens is 388 g/mol. The first-order valence-electron chi connectivity index (χ1n) is 10.3. The van der Waals surface area contributed by atoms with Gasteiger partial charge in [0.1, 0.15) is 11.4 Å². The Morgan fingerprint density at radius 2 is 2.10 bits per heavy atom. The summed E-state index contributed by atoms with van der Waals surface area (Å²) >= 11 is 0. The normalized spacial score (nSPS) is 20.2. The fraction of sp³-hybridized carbons (Fsp3) is 0.304. The minimum atomic E-state index is -0.415. The third-order valence-corrected chi connectivity index (χ3v) is 6.01. The summed E-state index contributed by atoms with van der Waals surface area (Å²) in [6.07, 6.45) is 9.06. The number of pyridine rings is 2. The predicted molar refractivity (Wildman–Crippen MR) is 114 cm³/mol. The molecule has 0 bridgehead atoms. The Labute approximate surface area is 179 Å². The van der Waals surface area contributed by atoms with Crippen molar-refractivity contribution in [2.24, 2.45) is 5.92 Å². The fourth-order valence-corrected chi connectivity index (χ4v) is 4.31. The van der Waals surface area contributed by atoms with Crippen LogP contribution in [-0.2, 0) is 12.1 Å². The summed E-state index contributed by atoms with van der Waals surface area (Å²) in [5.41, 5.74) is 3.59. The van der Waals surface area contributed by atoms with Gasteiger partial charge in [-0.1, -0.05) is 0 Å². The van der Waals surface area contributed by atoms with Crippen molar-refractivity contribution >= 4 is 10.9 Å². The first-order chi connectivity index (χ1) is 15.2. The van der Waals surface area contributed by atoms with Crippen molar-refractivity contribution in [3.05, 3.63) is 49.1 Å². The van der Waals surface area contributed by atoms with Crippen LogP contribution < -0.4 is 0 Å². The van der Waals surface area contributed by atoms with E-state index < -0.39 is 5.54 Å². The predicted octanol–water partition coefficient (Wildman–Crippen LogP) is 3.92. The third-order valence-electron chi connectivity index (χ3n) is 6.01. The first-order valence-corrected chi connectivity index (χ1v) is 10.3. The smallest absolute Gasteiger partial charge is 0.111 e. The highest BCUT2D eigenvalue weighted by Crippen LogP contribution is 2.46. The van der Waals surface area contributed by atoms with Crippen molar-refractivity contribution in [3.63, 3.8) is 0 Å². The molecule has 1 saturated carbocycles. The molecule has 8 nitrogen and oxygen atoms in total. The second-order valence-electron chi connectivity index (χ2n) is 7.95. The lowest BCUT2D eigenvalue weighted by Gasteiger charge is -2.43. The summed E-state index contributed by atoms with van der Waals surface area (Å²) in [4.78, 5) is 9.45. The summed E-state index contributed by atoms with van der Waals surface area (Å²) in [5, 5.41) is 28.6. The lowest BCUT2D eigenvalue weighted by Crippen LogP contribution is -2.46. The van der Waals surface area contributed by atoms with E-state index in [0.717, 1.165) is 40.1 Å². The first kappa shape index (κ1) is 19.0. The van der Waals surface area contributed by atoms with E-state index in [1.165, 1.54) is 0 Å². The van der Waals surface area contributed by atoms with Crippen LogP contribution in [0.25, 0.3) is 33.5 Å². The maximum absolute atomic E-state index is 9.33. The van der Waals surface area contributed by atoms with Gasteiger partial charge in [0.05, 0.1) is 47.4 Å². The van der Waals surface area contributed by atoms with Crippen molar-refractivity contribution in [1.82, 2.24) is 29.5 Å². The molecule has 31 heavy (non-hydrogen) atoms. The second-order valence-corrected chi connectivity index (χ2v) is 7.95. The summed E-state index contributed by atoms with van der Waals surface area (Å²) in [6.45, 7) is 2.83. The van der Waals surface area contributed by atoms with Crippen molar-refractivity contribution in [3.8, 4) is 34.8 Å². The minimum Gasteiger partial charge on any atom is -0.272 e. The molecule has 0 atom stereocenters. The molecule has 4 aromatic rings. The van der Waals surface area contributed by atoms with Crippen molar-refractivity contribution in [2.45, 2.75) is 38.3 Å². The highest BCUT2D eigenvalue weighted by atomic mass is 15.3. The average Bonchev–Trinajstić information content (AvgIpc) is 3.45. The molecule has 4 heterocycles. The number of hydrogen-bond donors (Lipinski definition) is 0. The molecule has 0 unspecified atom stereocenters. The average molecular weight is 408 g/mol. The van der Waals surface area contributed by atoms with Gasteiger partial charge in [0.25, 0.3) is 0 Å². The van der Waals surface area contributed by atoms with Gasteiger partial charge in [-0.2, -0.15) is 20.7 Å². The van der Waals surface area contributed by atoms with Crippen LogP contribution in [0.1, 0.15) is 26.2 Å². The van der Waals surface area contributed by atoms with Crippen LogP contribution in [0.3, 0.4) is 0 Å². The van der Waals surface area contributed by atoms with Crippen LogP contribution in [0.15, 0.2) is 49.1 Å². The molecule has 5 rings (SSSR count). The zero-order valence-corrected chi connectivity index (χ0v) is 17.1. The Morgan fingerprint density at radius 3 is 2.84 bits per heavy atom. The summed E-state index contributed by atoms with van der Waals surface area (Å²) in [7, 11) is 0. The Balaban J connectivity index is 1.61. The van der Waals surface area contributed by atoms with E-state index in [9.17, 15) is 10.5 Å². The number of aryl methyl sites for hydroxylation is 1. The molecule has 0 N–H and O–H groups in total. The number of fused-ring (bicyclic) bond motifs is 1. The van der Waals surface area contributed by atoms with Gasteiger partial charge in [0, 0.05) is 36.1 Å². The standard InChI is InChI=1S/C23H20N8/c1-2-30-15-17(14-27-30)20-10-21-18(4-3-8-26-21)22(28-20)19-5-9-31(29-19)23(6-7-24)11-16(12-23)13-25/h3-5,8-10,14-16H,2,6,11-12H2,1H3. The number of nitriles is 2. The van der Waals surface area contributed by atoms with Crippen molar-refractivity contribution in [1.29, 1.82) is 10.5 Å². The highest BCUT2D eigenvalue weighted by Gasteiger charge is 2.46. The molecule has 4 aromatic heterocycles. The zero-order chi connectivity index (χ0) is 21.4. The molecule has 0 radical (unpaired) electrons. The van der Waals surface area contributed by atoms with Crippen LogP contribution in [0.4, 0.5) is 0 Å². The number of aromatic nitrogens is 6. The van der Waals surface area contributed by atoms with Crippen molar-refractivity contribution < 1.29 is 0 Å². The Kier molecular flexibility index (Phi) is 4.48. The monoisotopic (exact) mass is 408 g/mol. The molecule has 0 aliphatic heterocycles. The third kappa shape index (κ3) is 3.13. The van der Waals surface area contributed by atoms with Gasteiger partial charge in [0.2, 0.25) is 0 Å². The number of nitrogens with zero attached hydrogens (tertiary/aromatic N) is 8. The fourth-order valence-electron chi connectivity index (χ4n) is 4.31. The number of hydrogen-bond acceptors (Lipinski definition) is 6. The Hall–Kier alpha value is -4.04. The van der Waals surface area contributed by atoms with Gasteiger partial charge in [-0.15, -0.1) is 0 Å². The molecule has 0 aromatic carbocycles. The van der Waals surface area contributed by atoms with E-state index in [-0.39, 0.29) is 5.92 Å².